The molecule has 0 aromatic heterocycles. The number of rotatable bonds is 10. The predicted octanol–water partition coefficient (Wildman–Crippen LogP) is 4.63. The summed E-state index contributed by atoms with van der Waals surface area (Å²) in [7, 11) is 0. The number of benzene rings is 2. The summed E-state index contributed by atoms with van der Waals surface area (Å²) in [5, 5.41) is 3.03. The van der Waals surface area contributed by atoms with E-state index in [1.54, 1.807) is 0 Å². The number of likely N-dealkylation sites (tertiary alicyclic amines) is 1. The fourth-order valence-electron chi connectivity index (χ4n) is 3.71. The third-order valence-corrected chi connectivity index (χ3v) is 5.29. The predicted molar refractivity (Wildman–Crippen MR) is 119 cm³/mol. The van der Waals surface area contributed by atoms with Crippen molar-refractivity contribution in [3.05, 3.63) is 59.7 Å². The van der Waals surface area contributed by atoms with E-state index in [1.165, 1.54) is 42.6 Å². The van der Waals surface area contributed by atoms with E-state index in [9.17, 15) is 4.79 Å². The van der Waals surface area contributed by atoms with Crippen LogP contribution in [-0.4, -0.2) is 37.1 Å². The van der Waals surface area contributed by atoms with Gasteiger partial charge in [-0.2, -0.15) is 0 Å². The lowest BCUT2D eigenvalue weighted by atomic mass is 9.98. The summed E-state index contributed by atoms with van der Waals surface area (Å²) in [5.41, 5.74) is 4.87. The Morgan fingerprint density at radius 2 is 1.79 bits per heavy atom. The molecule has 2 aromatic rings. The molecule has 1 aliphatic rings. The lowest BCUT2D eigenvalue weighted by Crippen LogP contribution is -2.24. The minimum atomic E-state index is 0.0320. The van der Waals surface area contributed by atoms with Crippen LogP contribution in [0.3, 0.4) is 0 Å². The van der Waals surface area contributed by atoms with Crippen molar-refractivity contribution in [3.8, 4) is 11.1 Å². The van der Waals surface area contributed by atoms with Crippen LogP contribution >= 0.6 is 0 Å². The normalized spacial score (nSPS) is 14.4. The molecule has 0 aliphatic carbocycles. The van der Waals surface area contributed by atoms with Gasteiger partial charge in [0.25, 0.3) is 0 Å². The van der Waals surface area contributed by atoms with Crippen molar-refractivity contribution in [2.45, 2.75) is 46.2 Å². The van der Waals surface area contributed by atoms with Gasteiger partial charge in [-0.1, -0.05) is 62.4 Å². The lowest BCUT2D eigenvalue weighted by molar-refractivity contribution is -0.122. The van der Waals surface area contributed by atoms with Crippen LogP contribution in [0.4, 0.5) is 0 Å². The molecule has 1 amide bonds. The van der Waals surface area contributed by atoms with E-state index in [2.05, 4.69) is 66.5 Å². The highest BCUT2D eigenvalue weighted by molar-refractivity contribution is 5.76. The van der Waals surface area contributed by atoms with E-state index >= 15 is 0 Å². The monoisotopic (exact) mass is 394 g/mol. The molecule has 1 N–H and O–H groups in total. The van der Waals surface area contributed by atoms with E-state index in [-0.39, 0.29) is 5.91 Å². The first-order valence-electron chi connectivity index (χ1n) is 10.9. The SMILES string of the molecule is CC(C)COCCC(=O)NCc1ccccc1-c1ccc(CN2CCCC2)cc1. The van der Waals surface area contributed by atoms with Crippen LogP contribution in [0, 0.1) is 5.92 Å². The van der Waals surface area contributed by atoms with Crippen molar-refractivity contribution in [2.24, 2.45) is 5.92 Å². The highest BCUT2D eigenvalue weighted by atomic mass is 16.5. The maximum absolute atomic E-state index is 12.1. The molecule has 2 aromatic carbocycles. The first-order chi connectivity index (χ1) is 14.1. The molecular weight excluding hydrogens is 360 g/mol. The van der Waals surface area contributed by atoms with Crippen molar-refractivity contribution in [3.63, 3.8) is 0 Å². The number of hydrogen-bond acceptors (Lipinski definition) is 3. The number of amides is 1. The summed E-state index contributed by atoms with van der Waals surface area (Å²) in [6.45, 7) is 9.39. The quantitative estimate of drug-likeness (QED) is 0.598. The zero-order chi connectivity index (χ0) is 20.5. The molecule has 156 valence electrons. The second kappa shape index (κ2) is 11.1. The van der Waals surface area contributed by atoms with Crippen molar-refractivity contribution in [1.29, 1.82) is 0 Å². The van der Waals surface area contributed by atoms with Gasteiger partial charge in [0.05, 0.1) is 6.61 Å². The van der Waals surface area contributed by atoms with Crippen molar-refractivity contribution >= 4 is 5.91 Å². The van der Waals surface area contributed by atoms with Gasteiger partial charge in [0.15, 0.2) is 0 Å². The molecule has 4 nitrogen and oxygen atoms in total. The molecule has 1 heterocycles. The molecule has 0 radical (unpaired) electrons. The van der Waals surface area contributed by atoms with Gasteiger partial charge in [0.1, 0.15) is 0 Å². The number of nitrogens with one attached hydrogen (secondary N) is 1. The zero-order valence-corrected chi connectivity index (χ0v) is 17.8. The molecule has 0 saturated carbocycles. The van der Waals surface area contributed by atoms with Gasteiger partial charge in [-0.25, -0.2) is 0 Å². The maximum Gasteiger partial charge on any atom is 0.222 e. The van der Waals surface area contributed by atoms with E-state index in [1.807, 2.05) is 6.07 Å². The molecule has 0 atom stereocenters. The van der Waals surface area contributed by atoms with Crippen LogP contribution in [0.25, 0.3) is 11.1 Å². The topological polar surface area (TPSA) is 41.6 Å². The van der Waals surface area contributed by atoms with Crippen molar-refractivity contribution in [2.75, 3.05) is 26.3 Å². The van der Waals surface area contributed by atoms with Crippen LogP contribution in [0.2, 0.25) is 0 Å². The number of hydrogen-bond donors (Lipinski definition) is 1. The van der Waals surface area contributed by atoms with E-state index < -0.39 is 0 Å². The second-order valence-corrected chi connectivity index (χ2v) is 8.33. The smallest absolute Gasteiger partial charge is 0.222 e. The Kier molecular flexibility index (Phi) is 8.26. The highest BCUT2D eigenvalue weighted by Crippen LogP contribution is 2.25. The molecule has 1 saturated heterocycles. The molecule has 1 aliphatic heterocycles. The van der Waals surface area contributed by atoms with Crippen LogP contribution in [0.1, 0.15) is 44.2 Å². The van der Waals surface area contributed by atoms with Gasteiger partial charge in [0, 0.05) is 26.1 Å². The van der Waals surface area contributed by atoms with Gasteiger partial charge >= 0.3 is 0 Å². The van der Waals surface area contributed by atoms with Crippen LogP contribution < -0.4 is 5.32 Å². The van der Waals surface area contributed by atoms with E-state index in [0.717, 1.165) is 12.1 Å². The average Bonchev–Trinajstić information content (AvgIpc) is 3.23. The molecule has 0 unspecified atom stereocenters. The number of nitrogens with zero attached hydrogens (tertiary/aromatic N) is 1. The Hall–Kier alpha value is -2.17. The molecule has 0 spiro atoms. The Morgan fingerprint density at radius 3 is 2.52 bits per heavy atom. The van der Waals surface area contributed by atoms with Gasteiger partial charge in [0.2, 0.25) is 5.91 Å². The van der Waals surface area contributed by atoms with Gasteiger partial charge in [-0.15, -0.1) is 0 Å². The van der Waals surface area contributed by atoms with Crippen LogP contribution in [0.5, 0.6) is 0 Å². The third kappa shape index (κ3) is 6.98. The highest BCUT2D eigenvalue weighted by Gasteiger charge is 2.12. The molecule has 1 fully saturated rings. The maximum atomic E-state index is 12.1. The van der Waals surface area contributed by atoms with Crippen molar-refractivity contribution in [1.82, 2.24) is 10.2 Å². The molecule has 3 rings (SSSR count). The summed E-state index contributed by atoms with van der Waals surface area (Å²) in [5.74, 6) is 0.524. The first kappa shape index (κ1) is 21.5. The first-order valence-corrected chi connectivity index (χ1v) is 10.9. The average molecular weight is 395 g/mol. The standard InChI is InChI=1S/C25H34N2O2/c1-20(2)19-29-16-13-25(28)26-17-23-7-3-4-8-24(23)22-11-9-21(10-12-22)18-27-14-5-6-15-27/h3-4,7-12,20H,5-6,13-19H2,1-2H3,(H,26,28). The second-order valence-electron chi connectivity index (χ2n) is 8.33. The minimum absolute atomic E-state index is 0.0320. The molecule has 4 heteroatoms. The van der Waals surface area contributed by atoms with Crippen molar-refractivity contribution < 1.29 is 9.53 Å². The molecular formula is C25H34N2O2. The van der Waals surface area contributed by atoms with E-state index in [0.29, 0.717) is 32.1 Å². The lowest BCUT2D eigenvalue weighted by Gasteiger charge is -2.15. The third-order valence-electron chi connectivity index (χ3n) is 5.29. The number of carbonyl (C=O) groups excluding carboxylic acids is 1. The van der Waals surface area contributed by atoms with Crippen LogP contribution in [-0.2, 0) is 22.6 Å². The Balaban J connectivity index is 1.55. The summed E-state index contributed by atoms with van der Waals surface area (Å²) in [6, 6.07) is 17.2. The molecule has 0 bridgehead atoms. The summed E-state index contributed by atoms with van der Waals surface area (Å²) < 4.78 is 5.51. The summed E-state index contributed by atoms with van der Waals surface area (Å²) in [4.78, 5) is 14.6. The number of carbonyl (C=O) groups is 1. The van der Waals surface area contributed by atoms with Gasteiger partial charge < -0.3 is 10.1 Å². The summed E-state index contributed by atoms with van der Waals surface area (Å²) in [6.07, 6.45) is 3.04. The molecule has 29 heavy (non-hydrogen) atoms. The fraction of sp³-hybridized carbons (Fsp3) is 0.480. The summed E-state index contributed by atoms with van der Waals surface area (Å²) >= 11 is 0. The zero-order valence-electron chi connectivity index (χ0n) is 17.8. The largest absolute Gasteiger partial charge is 0.381 e. The number of ether oxygens (including phenoxy) is 1. The van der Waals surface area contributed by atoms with Crippen LogP contribution in [0.15, 0.2) is 48.5 Å². The Labute approximate surface area is 175 Å². The fourth-order valence-corrected chi connectivity index (χ4v) is 3.71. The Bertz CT molecular complexity index is 765. The van der Waals surface area contributed by atoms with Gasteiger partial charge in [-0.05, 0) is 54.1 Å². The Morgan fingerprint density at radius 1 is 1.07 bits per heavy atom. The minimum Gasteiger partial charge on any atom is -0.381 e. The van der Waals surface area contributed by atoms with Gasteiger partial charge in [-0.3, -0.25) is 9.69 Å². The van der Waals surface area contributed by atoms with E-state index in [4.69, 9.17) is 4.74 Å².